The Labute approximate surface area is 175 Å². The molecule has 0 saturated carbocycles. The van der Waals surface area contributed by atoms with Crippen LogP contribution < -0.4 is 4.74 Å². The van der Waals surface area contributed by atoms with Gasteiger partial charge in [0.05, 0.1) is 5.56 Å². The van der Waals surface area contributed by atoms with Gasteiger partial charge in [0.1, 0.15) is 12.4 Å². The van der Waals surface area contributed by atoms with Crippen LogP contribution in [0.1, 0.15) is 17.0 Å². The Morgan fingerprint density at radius 1 is 1.14 bits per heavy atom. The van der Waals surface area contributed by atoms with Crippen LogP contribution in [0.15, 0.2) is 66.3 Å². The zero-order valence-corrected chi connectivity index (χ0v) is 16.8. The van der Waals surface area contributed by atoms with Crippen LogP contribution in [0.3, 0.4) is 0 Å². The third-order valence-electron chi connectivity index (χ3n) is 3.92. The molecule has 0 atom stereocenters. The summed E-state index contributed by atoms with van der Waals surface area (Å²) in [7, 11) is 0. The number of halogens is 4. The SMILES string of the molecule is C=CCn1c(COc2cccc(C(F)(F)F)c2)nnc1SCc1ccc(Cl)cc1. The predicted octanol–water partition coefficient (Wildman–Crippen LogP) is 6.01. The molecular formula is C20H17ClF3N3OS. The molecule has 0 saturated heterocycles. The second kappa shape index (κ2) is 9.37. The normalized spacial score (nSPS) is 11.4. The molecule has 4 nitrogen and oxygen atoms in total. The third kappa shape index (κ3) is 5.77. The quantitative estimate of drug-likeness (QED) is 0.318. The summed E-state index contributed by atoms with van der Waals surface area (Å²) in [5, 5.41) is 9.64. The topological polar surface area (TPSA) is 39.9 Å². The molecule has 1 aromatic heterocycles. The molecule has 2 aromatic carbocycles. The van der Waals surface area contributed by atoms with Gasteiger partial charge in [0.2, 0.25) is 0 Å². The van der Waals surface area contributed by atoms with Gasteiger partial charge in [-0.2, -0.15) is 13.2 Å². The first-order valence-corrected chi connectivity index (χ1v) is 9.93. The van der Waals surface area contributed by atoms with Gasteiger partial charge in [-0.25, -0.2) is 0 Å². The van der Waals surface area contributed by atoms with Crippen LogP contribution in [0.2, 0.25) is 5.02 Å². The van der Waals surface area contributed by atoms with E-state index >= 15 is 0 Å². The number of rotatable bonds is 8. The monoisotopic (exact) mass is 439 g/mol. The maximum Gasteiger partial charge on any atom is 0.416 e. The lowest BCUT2D eigenvalue weighted by Crippen LogP contribution is -2.08. The molecule has 3 rings (SSSR count). The van der Waals surface area contributed by atoms with Crippen molar-refractivity contribution in [2.45, 2.75) is 30.2 Å². The number of hydrogen-bond donors (Lipinski definition) is 0. The number of alkyl halides is 3. The molecular weight excluding hydrogens is 423 g/mol. The van der Waals surface area contributed by atoms with Crippen LogP contribution in [-0.2, 0) is 25.1 Å². The van der Waals surface area contributed by atoms with Gasteiger partial charge < -0.3 is 4.74 Å². The van der Waals surface area contributed by atoms with E-state index in [1.807, 2.05) is 28.8 Å². The van der Waals surface area contributed by atoms with E-state index in [2.05, 4.69) is 16.8 Å². The van der Waals surface area contributed by atoms with Crippen molar-refractivity contribution in [3.05, 3.63) is 83.2 Å². The Kier molecular flexibility index (Phi) is 6.87. The van der Waals surface area contributed by atoms with Crippen LogP contribution in [-0.4, -0.2) is 14.8 Å². The highest BCUT2D eigenvalue weighted by molar-refractivity contribution is 7.98. The number of nitrogens with zero attached hydrogens (tertiary/aromatic N) is 3. The van der Waals surface area contributed by atoms with Gasteiger partial charge in [-0.05, 0) is 35.9 Å². The second-order valence-electron chi connectivity index (χ2n) is 6.03. The summed E-state index contributed by atoms with van der Waals surface area (Å²) in [5.41, 5.74) is 0.316. The van der Waals surface area contributed by atoms with Crippen LogP contribution in [0.25, 0.3) is 0 Å². The first-order chi connectivity index (χ1) is 13.9. The van der Waals surface area contributed by atoms with Crippen molar-refractivity contribution >= 4 is 23.4 Å². The maximum atomic E-state index is 12.8. The second-order valence-corrected chi connectivity index (χ2v) is 7.41. The van der Waals surface area contributed by atoms with Crippen molar-refractivity contribution in [3.63, 3.8) is 0 Å². The Balaban J connectivity index is 1.69. The largest absolute Gasteiger partial charge is 0.486 e. The Bertz CT molecular complexity index is 974. The molecule has 152 valence electrons. The highest BCUT2D eigenvalue weighted by Gasteiger charge is 2.30. The highest BCUT2D eigenvalue weighted by Crippen LogP contribution is 2.31. The third-order valence-corrected chi connectivity index (χ3v) is 5.21. The molecule has 1 heterocycles. The lowest BCUT2D eigenvalue weighted by molar-refractivity contribution is -0.137. The fraction of sp³-hybridized carbons (Fsp3) is 0.200. The van der Waals surface area contributed by atoms with E-state index in [0.29, 0.717) is 28.3 Å². The van der Waals surface area contributed by atoms with Gasteiger partial charge in [-0.3, -0.25) is 4.57 Å². The highest BCUT2D eigenvalue weighted by atomic mass is 35.5. The van der Waals surface area contributed by atoms with E-state index in [-0.39, 0.29) is 12.4 Å². The molecule has 0 N–H and O–H groups in total. The molecule has 0 aliphatic heterocycles. The van der Waals surface area contributed by atoms with Crippen molar-refractivity contribution in [2.24, 2.45) is 0 Å². The van der Waals surface area contributed by atoms with Crippen LogP contribution in [0.5, 0.6) is 5.75 Å². The fourth-order valence-electron chi connectivity index (χ4n) is 2.48. The minimum Gasteiger partial charge on any atom is -0.486 e. The van der Waals surface area contributed by atoms with E-state index in [1.54, 1.807) is 6.08 Å². The standard InChI is InChI=1S/C20H17ClF3N3OS/c1-2-10-27-18(12-28-17-5-3-4-15(11-17)20(22,23)24)25-26-19(27)29-13-14-6-8-16(21)9-7-14/h2-9,11H,1,10,12-13H2. The zero-order chi connectivity index (χ0) is 20.9. The van der Waals surface area contributed by atoms with E-state index in [4.69, 9.17) is 16.3 Å². The number of benzene rings is 2. The minimum atomic E-state index is -4.42. The van der Waals surface area contributed by atoms with Crippen LogP contribution >= 0.6 is 23.4 Å². The molecule has 0 spiro atoms. The van der Waals surface area contributed by atoms with E-state index in [0.717, 1.165) is 17.7 Å². The van der Waals surface area contributed by atoms with Crippen LogP contribution in [0, 0.1) is 0 Å². The summed E-state index contributed by atoms with van der Waals surface area (Å²) >= 11 is 7.39. The molecule has 0 amide bonds. The molecule has 0 unspecified atom stereocenters. The van der Waals surface area contributed by atoms with Crippen LogP contribution in [0.4, 0.5) is 13.2 Å². The summed E-state index contributed by atoms with van der Waals surface area (Å²) in [6.07, 6.45) is -2.73. The fourth-order valence-corrected chi connectivity index (χ4v) is 3.53. The van der Waals surface area contributed by atoms with Crippen molar-refractivity contribution in [1.29, 1.82) is 0 Å². The molecule has 0 aliphatic rings. The van der Waals surface area contributed by atoms with Gasteiger partial charge in [-0.1, -0.05) is 47.6 Å². The molecule has 0 radical (unpaired) electrons. The molecule has 3 aromatic rings. The number of thioether (sulfide) groups is 1. The number of hydrogen-bond acceptors (Lipinski definition) is 4. The molecule has 9 heteroatoms. The van der Waals surface area contributed by atoms with Gasteiger partial charge >= 0.3 is 6.18 Å². The number of ether oxygens (including phenoxy) is 1. The summed E-state index contributed by atoms with van der Waals surface area (Å²) in [6.45, 7) is 4.18. The zero-order valence-electron chi connectivity index (χ0n) is 15.2. The van der Waals surface area contributed by atoms with Crippen molar-refractivity contribution in [3.8, 4) is 5.75 Å². The summed E-state index contributed by atoms with van der Waals surface area (Å²) in [5.74, 6) is 1.28. The smallest absolute Gasteiger partial charge is 0.416 e. The molecule has 29 heavy (non-hydrogen) atoms. The Morgan fingerprint density at radius 3 is 2.59 bits per heavy atom. The Morgan fingerprint density at radius 2 is 1.90 bits per heavy atom. The molecule has 0 bridgehead atoms. The maximum absolute atomic E-state index is 12.8. The van der Waals surface area contributed by atoms with Gasteiger partial charge in [0.15, 0.2) is 11.0 Å². The first-order valence-electron chi connectivity index (χ1n) is 8.57. The lowest BCUT2D eigenvalue weighted by Gasteiger charge is -2.11. The summed E-state index contributed by atoms with van der Waals surface area (Å²) in [4.78, 5) is 0. The lowest BCUT2D eigenvalue weighted by atomic mass is 10.2. The number of allylic oxidation sites excluding steroid dienone is 1. The average Bonchev–Trinajstić information content (AvgIpc) is 3.07. The van der Waals surface area contributed by atoms with Gasteiger partial charge in [-0.15, -0.1) is 16.8 Å². The first kappa shape index (κ1) is 21.3. The van der Waals surface area contributed by atoms with Gasteiger partial charge in [0, 0.05) is 17.3 Å². The van der Waals surface area contributed by atoms with E-state index in [9.17, 15) is 13.2 Å². The average molecular weight is 440 g/mol. The van der Waals surface area contributed by atoms with Crippen molar-refractivity contribution in [2.75, 3.05) is 0 Å². The Hall–Kier alpha value is -2.45. The molecule has 0 aliphatic carbocycles. The predicted molar refractivity (Wildman–Crippen MR) is 107 cm³/mol. The van der Waals surface area contributed by atoms with Crippen molar-refractivity contribution in [1.82, 2.24) is 14.8 Å². The summed E-state index contributed by atoms with van der Waals surface area (Å²) in [6, 6.07) is 12.2. The molecule has 0 fully saturated rings. The van der Waals surface area contributed by atoms with E-state index in [1.165, 1.54) is 23.9 Å². The number of aromatic nitrogens is 3. The minimum absolute atomic E-state index is 0.0103. The summed E-state index contributed by atoms with van der Waals surface area (Å²) < 4.78 is 45.9. The van der Waals surface area contributed by atoms with Crippen molar-refractivity contribution < 1.29 is 17.9 Å². The van der Waals surface area contributed by atoms with Gasteiger partial charge in [0.25, 0.3) is 0 Å². The van der Waals surface area contributed by atoms with E-state index < -0.39 is 11.7 Å².